The molecule has 3 rings (SSSR count). The molecule has 0 saturated carbocycles. The third-order valence-corrected chi connectivity index (χ3v) is 4.43. The Bertz CT molecular complexity index is 663. The van der Waals surface area contributed by atoms with Crippen LogP contribution >= 0.6 is 0 Å². The molecule has 1 saturated heterocycles. The van der Waals surface area contributed by atoms with Gasteiger partial charge in [0.1, 0.15) is 0 Å². The van der Waals surface area contributed by atoms with E-state index in [9.17, 15) is 4.79 Å². The van der Waals surface area contributed by atoms with Crippen LogP contribution in [0.2, 0.25) is 0 Å². The van der Waals surface area contributed by atoms with Crippen LogP contribution < -0.4 is 10.2 Å². The van der Waals surface area contributed by atoms with Crippen molar-refractivity contribution in [3.63, 3.8) is 0 Å². The van der Waals surface area contributed by atoms with Crippen LogP contribution in [0.15, 0.2) is 36.9 Å². The van der Waals surface area contributed by atoms with Gasteiger partial charge in [-0.05, 0) is 18.6 Å². The summed E-state index contributed by atoms with van der Waals surface area (Å²) >= 11 is 0. The van der Waals surface area contributed by atoms with Crippen molar-refractivity contribution >= 4 is 11.7 Å². The van der Waals surface area contributed by atoms with Gasteiger partial charge in [0.25, 0.3) is 0 Å². The van der Waals surface area contributed by atoms with Crippen molar-refractivity contribution in [2.45, 2.75) is 19.4 Å². The molecule has 3 heterocycles. The fourth-order valence-electron chi connectivity index (χ4n) is 3.00. The van der Waals surface area contributed by atoms with Crippen molar-refractivity contribution in [3.8, 4) is 0 Å². The van der Waals surface area contributed by atoms with Gasteiger partial charge in [0.05, 0.1) is 12.2 Å². The number of amides is 2. The number of nitrogens with zero attached hydrogens (tertiary/aromatic N) is 5. The van der Waals surface area contributed by atoms with Crippen LogP contribution in [0.1, 0.15) is 24.9 Å². The van der Waals surface area contributed by atoms with E-state index < -0.39 is 0 Å². The Morgan fingerprint density at radius 2 is 1.96 bits per heavy atom. The van der Waals surface area contributed by atoms with E-state index in [1.165, 1.54) is 0 Å². The topological polar surface area (TPSA) is 66.3 Å². The molecule has 2 amide bonds. The summed E-state index contributed by atoms with van der Waals surface area (Å²) in [5.41, 5.74) is 2.20. The molecule has 1 fully saturated rings. The predicted molar refractivity (Wildman–Crippen MR) is 92.8 cm³/mol. The van der Waals surface area contributed by atoms with Crippen molar-refractivity contribution in [3.05, 3.63) is 42.5 Å². The Hall–Kier alpha value is -2.57. The highest BCUT2D eigenvalue weighted by atomic mass is 16.2. The number of hydrogen-bond donors (Lipinski definition) is 1. The number of aromatic nitrogens is 3. The highest BCUT2D eigenvalue weighted by molar-refractivity contribution is 5.75. The molecule has 1 N–H and O–H groups in total. The molecule has 7 nitrogen and oxygen atoms in total. The Kier molecular flexibility index (Phi) is 4.98. The van der Waals surface area contributed by atoms with E-state index in [0.717, 1.165) is 43.9 Å². The van der Waals surface area contributed by atoms with E-state index >= 15 is 0 Å². The predicted octanol–water partition coefficient (Wildman–Crippen LogP) is 1.80. The van der Waals surface area contributed by atoms with Crippen molar-refractivity contribution in [2.24, 2.45) is 7.05 Å². The second kappa shape index (κ2) is 7.33. The van der Waals surface area contributed by atoms with E-state index in [-0.39, 0.29) is 12.1 Å². The van der Waals surface area contributed by atoms with Gasteiger partial charge in [-0.1, -0.05) is 6.92 Å². The molecule has 0 bridgehead atoms. The molecule has 0 unspecified atom stereocenters. The van der Waals surface area contributed by atoms with Gasteiger partial charge in [0, 0.05) is 63.1 Å². The van der Waals surface area contributed by atoms with E-state index in [0.29, 0.717) is 0 Å². The molecule has 0 spiro atoms. The number of carbonyl (C=O) groups excluding carboxylic acids is 1. The van der Waals surface area contributed by atoms with Gasteiger partial charge in [-0.25, -0.2) is 4.79 Å². The number of carbonyl (C=O) groups is 1. The van der Waals surface area contributed by atoms with E-state index in [1.54, 1.807) is 17.1 Å². The SMILES string of the molecule is CC[C@H](NC(=O)N1CCN(c2ccncc2)CC1)c1cnn(C)c1. The molecule has 2 aromatic rings. The second-order valence-electron chi connectivity index (χ2n) is 6.04. The lowest BCUT2D eigenvalue weighted by Gasteiger charge is -2.36. The first-order valence-electron chi connectivity index (χ1n) is 8.36. The number of pyridine rings is 1. The van der Waals surface area contributed by atoms with E-state index in [4.69, 9.17) is 0 Å². The minimum absolute atomic E-state index is 0.0000754. The Labute approximate surface area is 142 Å². The number of piperazine rings is 1. The summed E-state index contributed by atoms with van der Waals surface area (Å²) in [6.07, 6.45) is 8.21. The zero-order valence-electron chi connectivity index (χ0n) is 14.2. The van der Waals surface area contributed by atoms with Crippen molar-refractivity contribution in [2.75, 3.05) is 31.1 Å². The molecule has 0 radical (unpaired) electrons. The average molecular weight is 328 g/mol. The van der Waals surface area contributed by atoms with Gasteiger partial charge in [0.15, 0.2) is 0 Å². The number of nitrogens with one attached hydrogen (secondary N) is 1. The maximum absolute atomic E-state index is 12.5. The van der Waals surface area contributed by atoms with Crippen molar-refractivity contribution < 1.29 is 4.79 Å². The first-order chi connectivity index (χ1) is 11.7. The summed E-state index contributed by atoms with van der Waals surface area (Å²) in [6, 6.07) is 4.01. The molecule has 128 valence electrons. The molecule has 0 aliphatic carbocycles. The summed E-state index contributed by atoms with van der Waals surface area (Å²) in [5, 5.41) is 7.31. The lowest BCUT2D eigenvalue weighted by Crippen LogP contribution is -2.52. The van der Waals surface area contributed by atoms with E-state index in [2.05, 4.69) is 27.2 Å². The second-order valence-corrected chi connectivity index (χ2v) is 6.04. The number of anilines is 1. The molecule has 1 aliphatic rings. The van der Waals surface area contributed by atoms with Crippen LogP contribution in [0.3, 0.4) is 0 Å². The van der Waals surface area contributed by atoms with Crippen LogP contribution in [-0.2, 0) is 7.05 Å². The number of rotatable bonds is 4. The Morgan fingerprint density at radius 1 is 1.25 bits per heavy atom. The summed E-state index contributed by atoms with van der Waals surface area (Å²) in [4.78, 5) is 20.8. The molecule has 0 aromatic carbocycles. The molecular weight excluding hydrogens is 304 g/mol. The normalized spacial score (nSPS) is 16.1. The number of urea groups is 1. The summed E-state index contributed by atoms with van der Waals surface area (Å²) in [7, 11) is 1.89. The summed E-state index contributed by atoms with van der Waals surface area (Å²) in [5.74, 6) is 0. The van der Waals surface area contributed by atoms with Gasteiger partial charge >= 0.3 is 6.03 Å². The molecular formula is C17H24N6O. The van der Waals surface area contributed by atoms with Crippen LogP contribution in [0, 0.1) is 0 Å². The Morgan fingerprint density at radius 3 is 2.54 bits per heavy atom. The van der Waals surface area contributed by atoms with Gasteiger partial charge in [-0.15, -0.1) is 0 Å². The van der Waals surface area contributed by atoms with Crippen molar-refractivity contribution in [1.29, 1.82) is 0 Å². The highest BCUT2D eigenvalue weighted by Crippen LogP contribution is 2.18. The van der Waals surface area contributed by atoms with Crippen molar-refractivity contribution in [1.82, 2.24) is 25.0 Å². The van der Waals surface area contributed by atoms with Crippen LogP contribution in [-0.4, -0.2) is 51.9 Å². The van der Waals surface area contributed by atoms with Gasteiger partial charge < -0.3 is 15.1 Å². The summed E-state index contributed by atoms with van der Waals surface area (Å²) < 4.78 is 1.76. The zero-order chi connectivity index (χ0) is 16.9. The highest BCUT2D eigenvalue weighted by Gasteiger charge is 2.23. The third-order valence-electron chi connectivity index (χ3n) is 4.43. The maximum Gasteiger partial charge on any atom is 0.318 e. The number of hydrogen-bond acceptors (Lipinski definition) is 4. The molecule has 7 heteroatoms. The largest absolute Gasteiger partial charge is 0.368 e. The summed E-state index contributed by atoms with van der Waals surface area (Å²) in [6.45, 7) is 5.18. The fraction of sp³-hybridized carbons (Fsp3) is 0.471. The van der Waals surface area contributed by atoms with Crippen LogP contribution in [0.25, 0.3) is 0 Å². The van der Waals surface area contributed by atoms with E-state index in [1.807, 2.05) is 36.5 Å². The first-order valence-corrected chi connectivity index (χ1v) is 8.36. The monoisotopic (exact) mass is 328 g/mol. The van der Waals surface area contributed by atoms with Crippen LogP contribution in [0.5, 0.6) is 0 Å². The zero-order valence-corrected chi connectivity index (χ0v) is 14.2. The smallest absolute Gasteiger partial charge is 0.318 e. The minimum Gasteiger partial charge on any atom is -0.368 e. The quantitative estimate of drug-likeness (QED) is 0.929. The third kappa shape index (κ3) is 3.67. The van der Waals surface area contributed by atoms with Gasteiger partial charge in [-0.2, -0.15) is 5.10 Å². The van der Waals surface area contributed by atoms with Crippen LogP contribution in [0.4, 0.5) is 10.5 Å². The van der Waals surface area contributed by atoms with Gasteiger partial charge in [-0.3, -0.25) is 9.67 Å². The molecule has 24 heavy (non-hydrogen) atoms. The fourth-order valence-corrected chi connectivity index (χ4v) is 3.00. The van der Waals surface area contributed by atoms with Gasteiger partial charge in [0.2, 0.25) is 0 Å². The first kappa shape index (κ1) is 16.3. The average Bonchev–Trinajstić information content (AvgIpc) is 3.06. The minimum atomic E-state index is 0.0000754. The lowest BCUT2D eigenvalue weighted by molar-refractivity contribution is 0.190. The number of aryl methyl sites for hydroxylation is 1. The maximum atomic E-state index is 12.5. The molecule has 1 atom stereocenters. The Balaban J connectivity index is 1.55. The standard InChI is InChI=1S/C17H24N6O/c1-3-16(14-12-19-21(2)13-14)20-17(24)23-10-8-22(9-11-23)15-4-6-18-7-5-15/h4-7,12-13,16H,3,8-11H2,1-2H3,(H,20,24)/t16-/m0/s1. The molecule has 1 aliphatic heterocycles. The lowest BCUT2D eigenvalue weighted by atomic mass is 10.1. The molecule has 2 aromatic heterocycles.